The van der Waals surface area contributed by atoms with Gasteiger partial charge in [-0.05, 0) is 44.2 Å². The van der Waals surface area contributed by atoms with Crippen molar-refractivity contribution in [2.24, 2.45) is 11.8 Å². The zero-order valence-corrected chi connectivity index (χ0v) is 9.34. The summed E-state index contributed by atoms with van der Waals surface area (Å²) in [5.74, 6) is 1.42. The molecule has 0 saturated heterocycles. The summed E-state index contributed by atoms with van der Waals surface area (Å²) >= 11 is 0. The molecule has 2 heteroatoms. The zero-order chi connectivity index (χ0) is 10.1. The molecule has 0 aliphatic heterocycles. The summed E-state index contributed by atoms with van der Waals surface area (Å²) in [7, 11) is 0. The van der Waals surface area contributed by atoms with Crippen LogP contribution in [0.25, 0.3) is 0 Å². The Morgan fingerprint density at radius 1 is 1.15 bits per heavy atom. The third-order valence-electron chi connectivity index (χ3n) is 2.25. The van der Waals surface area contributed by atoms with Crippen LogP contribution in [0.2, 0.25) is 0 Å². The molecule has 0 heterocycles. The number of rotatable bonds is 8. The van der Waals surface area contributed by atoms with Crippen LogP contribution in [0.4, 0.5) is 0 Å². The first-order chi connectivity index (χ1) is 6.16. The highest BCUT2D eigenvalue weighted by Crippen LogP contribution is 2.02. The standard InChI is InChI=1S/C11H25NO/c1-10(2)5-4-7-12-9-11(3)6-8-13/h10-13H,4-9H2,1-3H3. The lowest BCUT2D eigenvalue weighted by atomic mass is 10.1. The maximum atomic E-state index is 8.68. The molecule has 0 bridgehead atoms. The fraction of sp³-hybridized carbons (Fsp3) is 1.00. The van der Waals surface area contributed by atoms with Crippen LogP contribution in [-0.2, 0) is 0 Å². The largest absolute Gasteiger partial charge is 0.396 e. The highest BCUT2D eigenvalue weighted by Gasteiger charge is 1.99. The Morgan fingerprint density at radius 2 is 1.85 bits per heavy atom. The van der Waals surface area contributed by atoms with Gasteiger partial charge in [-0.25, -0.2) is 0 Å². The van der Waals surface area contributed by atoms with Crippen molar-refractivity contribution < 1.29 is 5.11 Å². The molecule has 0 rings (SSSR count). The summed E-state index contributed by atoms with van der Waals surface area (Å²) in [4.78, 5) is 0. The first-order valence-corrected chi connectivity index (χ1v) is 5.48. The van der Waals surface area contributed by atoms with Crippen molar-refractivity contribution in [2.45, 2.75) is 40.0 Å². The first kappa shape index (κ1) is 12.9. The second kappa shape index (κ2) is 8.52. The number of hydrogen-bond acceptors (Lipinski definition) is 2. The van der Waals surface area contributed by atoms with E-state index >= 15 is 0 Å². The van der Waals surface area contributed by atoms with Gasteiger partial charge in [0.25, 0.3) is 0 Å². The fourth-order valence-electron chi connectivity index (χ4n) is 1.31. The molecule has 0 aliphatic carbocycles. The van der Waals surface area contributed by atoms with Crippen LogP contribution < -0.4 is 5.32 Å². The molecule has 0 aromatic carbocycles. The third kappa shape index (κ3) is 9.84. The molecule has 0 saturated carbocycles. The van der Waals surface area contributed by atoms with E-state index in [0.29, 0.717) is 12.5 Å². The van der Waals surface area contributed by atoms with Gasteiger partial charge in [-0.3, -0.25) is 0 Å². The second-order valence-electron chi connectivity index (χ2n) is 4.36. The average Bonchev–Trinajstić information content (AvgIpc) is 2.03. The Hall–Kier alpha value is -0.0800. The summed E-state index contributed by atoms with van der Waals surface area (Å²) in [6.45, 7) is 9.16. The Bertz CT molecular complexity index is 104. The lowest BCUT2D eigenvalue weighted by Crippen LogP contribution is -2.23. The molecule has 0 radical (unpaired) electrons. The lowest BCUT2D eigenvalue weighted by molar-refractivity contribution is 0.260. The van der Waals surface area contributed by atoms with Crippen molar-refractivity contribution >= 4 is 0 Å². The van der Waals surface area contributed by atoms with E-state index in [0.717, 1.165) is 25.4 Å². The summed E-state index contributed by atoms with van der Waals surface area (Å²) in [6.07, 6.45) is 3.49. The van der Waals surface area contributed by atoms with Crippen LogP contribution in [0.5, 0.6) is 0 Å². The normalized spacial score (nSPS) is 13.6. The topological polar surface area (TPSA) is 32.3 Å². The maximum Gasteiger partial charge on any atom is 0.0434 e. The SMILES string of the molecule is CC(C)CCCNCC(C)CCO. The van der Waals surface area contributed by atoms with E-state index in [1.807, 2.05) is 0 Å². The summed E-state index contributed by atoms with van der Waals surface area (Å²) in [5, 5.41) is 12.1. The minimum atomic E-state index is 0.314. The van der Waals surface area contributed by atoms with Gasteiger partial charge in [-0.1, -0.05) is 20.8 Å². The number of aliphatic hydroxyl groups excluding tert-OH is 1. The van der Waals surface area contributed by atoms with Gasteiger partial charge in [0.05, 0.1) is 0 Å². The van der Waals surface area contributed by atoms with Gasteiger partial charge in [0.2, 0.25) is 0 Å². The molecule has 0 aromatic rings. The molecule has 13 heavy (non-hydrogen) atoms. The predicted molar refractivity (Wildman–Crippen MR) is 57.8 cm³/mol. The van der Waals surface area contributed by atoms with E-state index in [-0.39, 0.29) is 0 Å². The first-order valence-electron chi connectivity index (χ1n) is 5.48. The summed E-state index contributed by atoms with van der Waals surface area (Å²) < 4.78 is 0. The molecule has 1 atom stereocenters. The van der Waals surface area contributed by atoms with E-state index in [9.17, 15) is 0 Å². The van der Waals surface area contributed by atoms with Gasteiger partial charge in [0.15, 0.2) is 0 Å². The Kier molecular flexibility index (Phi) is 8.46. The van der Waals surface area contributed by atoms with Crippen molar-refractivity contribution in [1.29, 1.82) is 0 Å². The van der Waals surface area contributed by atoms with Crippen molar-refractivity contribution in [3.8, 4) is 0 Å². The summed E-state index contributed by atoms with van der Waals surface area (Å²) in [6, 6.07) is 0. The third-order valence-corrected chi connectivity index (χ3v) is 2.25. The van der Waals surface area contributed by atoms with Gasteiger partial charge >= 0.3 is 0 Å². The molecule has 0 aliphatic rings. The van der Waals surface area contributed by atoms with Crippen LogP contribution in [0, 0.1) is 11.8 Å². The van der Waals surface area contributed by atoms with Gasteiger partial charge in [-0.2, -0.15) is 0 Å². The van der Waals surface area contributed by atoms with Gasteiger partial charge < -0.3 is 10.4 Å². The van der Waals surface area contributed by atoms with Crippen molar-refractivity contribution in [3.63, 3.8) is 0 Å². The Morgan fingerprint density at radius 3 is 2.38 bits per heavy atom. The van der Waals surface area contributed by atoms with Gasteiger partial charge in [0.1, 0.15) is 0 Å². The monoisotopic (exact) mass is 187 g/mol. The van der Waals surface area contributed by atoms with E-state index in [1.165, 1.54) is 12.8 Å². The zero-order valence-electron chi connectivity index (χ0n) is 9.34. The Balaban J connectivity index is 3.06. The molecule has 80 valence electrons. The van der Waals surface area contributed by atoms with E-state index in [1.54, 1.807) is 0 Å². The number of hydrogen-bond donors (Lipinski definition) is 2. The van der Waals surface area contributed by atoms with Crippen LogP contribution in [0.3, 0.4) is 0 Å². The highest BCUT2D eigenvalue weighted by molar-refractivity contribution is 4.57. The van der Waals surface area contributed by atoms with Crippen LogP contribution in [-0.4, -0.2) is 24.8 Å². The van der Waals surface area contributed by atoms with Crippen molar-refractivity contribution in [3.05, 3.63) is 0 Å². The minimum Gasteiger partial charge on any atom is -0.396 e. The molecule has 2 nitrogen and oxygen atoms in total. The molecular formula is C11H25NO. The van der Waals surface area contributed by atoms with Crippen LogP contribution >= 0.6 is 0 Å². The maximum absolute atomic E-state index is 8.68. The van der Waals surface area contributed by atoms with Crippen LogP contribution in [0.15, 0.2) is 0 Å². The van der Waals surface area contributed by atoms with E-state index in [2.05, 4.69) is 26.1 Å². The smallest absolute Gasteiger partial charge is 0.0434 e. The minimum absolute atomic E-state index is 0.314. The number of aliphatic hydroxyl groups is 1. The molecule has 0 spiro atoms. The summed E-state index contributed by atoms with van der Waals surface area (Å²) in [5.41, 5.74) is 0. The van der Waals surface area contributed by atoms with Crippen LogP contribution in [0.1, 0.15) is 40.0 Å². The quantitative estimate of drug-likeness (QED) is 0.570. The molecule has 0 amide bonds. The van der Waals surface area contributed by atoms with Gasteiger partial charge in [0, 0.05) is 6.61 Å². The molecular weight excluding hydrogens is 162 g/mol. The highest BCUT2D eigenvalue weighted by atomic mass is 16.3. The van der Waals surface area contributed by atoms with Gasteiger partial charge in [-0.15, -0.1) is 0 Å². The Labute approximate surface area is 82.7 Å². The lowest BCUT2D eigenvalue weighted by Gasteiger charge is -2.11. The number of nitrogens with one attached hydrogen (secondary N) is 1. The van der Waals surface area contributed by atoms with E-state index in [4.69, 9.17) is 5.11 Å². The van der Waals surface area contributed by atoms with Crippen molar-refractivity contribution in [1.82, 2.24) is 5.32 Å². The second-order valence-corrected chi connectivity index (χ2v) is 4.36. The predicted octanol–water partition coefficient (Wildman–Crippen LogP) is 2.03. The molecule has 1 unspecified atom stereocenters. The van der Waals surface area contributed by atoms with Crippen molar-refractivity contribution in [2.75, 3.05) is 19.7 Å². The molecule has 0 fully saturated rings. The average molecular weight is 187 g/mol. The fourth-order valence-corrected chi connectivity index (χ4v) is 1.31. The molecule has 0 aromatic heterocycles. The molecule has 2 N–H and O–H groups in total. The van der Waals surface area contributed by atoms with E-state index < -0.39 is 0 Å².